The van der Waals surface area contributed by atoms with Gasteiger partial charge in [-0.25, -0.2) is 17.9 Å². The number of hydrogen-bond acceptors (Lipinski definition) is 5. The van der Waals surface area contributed by atoms with Crippen LogP contribution < -0.4 is 4.72 Å². The van der Waals surface area contributed by atoms with Crippen molar-refractivity contribution >= 4 is 16.0 Å². The van der Waals surface area contributed by atoms with Crippen LogP contribution in [0.15, 0.2) is 59.5 Å². The molecule has 0 radical (unpaired) electrons. The van der Waals surface area contributed by atoms with E-state index in [9.17, 15) is 13.2 Å². The van der Waals surface area contributed by atoms with E-state index in [-0.39, 0.29) is 28.1 Å². The normalized spacial score (nSPS) is 29.9. The Labute approximate surface area is 182 Å². The molecule has 2 aromatic rings. The predicted octanol–water partition coefficient (Wildman–Crippen LogP) is 2.34. The van der Waals surface area contributed by atoms with Crippen LogP contribution in [0.1, 0.15) is 28.8 Å². The molecule has 0 saturated carbocycles. The number of carboxylic acids is 1. The summed E-state index contributed by atoms with van der Waals surface area (Å²) in [7, 11) is -3.54. The van der Waals surface area contributed by atoms with Crippen LogP contribution in [0.5, 0.6) is 0 Å². The van der Waals surface area contributed by atoms with Crippen LogP contribution in [0.4, 0.5) is 0 Å². The van der Waals surface area contributed by atoms with Gasteiger partial charge in [0.15, 0.2) is 0 Å². The van der Waals surface area contributed by atoms with E-state index in [1.165, 1.54) is 0 Å². The molecule has 164 valence electrons. The Morgan fingerprint density at radius 1 is 1.16 bits per heavy atom. The molecular formula is C23H26N2O5S. The molecule has 2 aromatic carbocycles. The lowest BCUT2D eigenvalue weighted by molar-refractivity contribution is 0.00219. The van der Waals surface area contributed by atoms with Gasteiger partial charge < -0.3 is 9.84 Å². The quantitative estimate of drug-likeness (QED) is 0.683. The molecule has 3 saturated heterocycles. The number of sulfonamides is 1. The fourth-order valence-electron chi connectivity index (χ4n) is 5.58. The topological polar surface area (TPSA) is 95.9 Å². The van der Waals surface area contributed by atoms with Crippen LogP contribution in [0, 0.1) is 11.8 Å². The van der Waals surface area contributed by atoms with Gasteiger partial charge in [0.2, 0.25) is 10.0 Å². The maximum absolute atomic E-state index is 12.7. The van der Waals surface area contributed by atoms with Crippen molar-refractivity contribution in [3.63, 3.8) is 0 Å². The number of nitrogens with one attached hydrogen (secondary N) is 1. The van der Waals surface area contributed by atoms with Gasteiger partial charge >= 0.3 is 5.97 Å². The molecule has 0 unspecified atom stereocenters. The Kier molecular flexibility index (Phi) is 5.13. The first kappa shape index (κ1) is 20.6. The smallest absolute Gasteiger partial charge is 0.335 e. The van der Waals surface area contributed by atoms with E-state index in [1.54, 1.807) is 42.5 Å². The minimum Gasteiger partial charge on any atom is -0.478 e. The Morgan fingerprint density at radius 2 is 1.90 bits per heavy atom. The zero-order valence-corrected chi connectivity index (χ0v) is 17.9. The Hall–Kier alpha value is -2.26. The van der Waals surface area contributed by atoms with E-state index in [2.05, 4.69) is 9.62 Å². The van der Waals surface area contributed by atoms with E-state index in [1.807, 2.05) is 12.1 Å². The first-order valence-corrected chi connectivity index (χ1v) is 12.1. The summed E-state index contributed by atoms with van der Waals surface area (Å²) in [5, 5.41) is 9.07. The van der Waals surface area contributed by atoms with Crippen molar-refractivity contribution in [3.8, 4) is 0 Å². The lowest BCUT2D eigenvalue weighted by atomic mass is 9.74. The van der Waals surface area contributed by atoms with E-state index in [0.29, 0.717) is 12.5 Å². The molecule has 3 aliphatic rings. The first-order valence-electron chi connectivity index (χ1n) is 10.6. The van der Waals surface area contributed by atoms with Gasteiger partial charge in [-0.05, 0) is 42.7 Å². The third-order valence-electron chi connectivity index (χ3n) is 7.02. The average Bonchev–Trinajstić information content (AvgIpc) is 3.41. The molecule has 3 fully saturated rings. The fourth-order valence-corrected chi connectivity index (χ4v) is 6.67. The third kappa shape index (κ3) is 3.78. The van der Waals surface area contributed by atoms with Crippen LogP contribution in [-0.4, -0.2) is 55.7 Å². The van der Waals surface area contributed by atoms with Gasteiger partial charge in [-0.15, -0.1) is 0 Å². The summed E-state index contributed by atoms with van der Waals surface area (Å²) in [4.78, 5) is 13.7. The Bertz CT molecular complexity index is 1070. The molecule has 8 heteroatoms. The van der Waals surface area contributed by atoms with Crippen molar-refractivity contribution in [1.29, 1.82) is 0 Å². The van der Waals surface area contributed by atoms with Crippen molar-refractivity contribution in [1.82, 2.24) is 9.62 Å². The minimum absolute atomic E-state index is 0.112. The van der Waals surface area contributed by atoms with E-state index in [4.69, 9.17) is 9.84 Å². The molecule has 0 amide bonds. The summed E-state index contributed by atoms with van der Waals surface area (Å²) < 4.78 is 34.6. The summed E-state index contributed by atoms with van der Waals surface area (Å²) in [6.07, 6.45) is 2.09. The molecule has 3 heterocycles. The molecule has 7 nitrogen and oxygen atoms in total. The molecule has 5 rings (SSSR count). The van der Waals surface area contributed by atoms with Crippen LogP contribution in [0.3, 0.4) is 0 Å². The Balaban J connectivity index is 1.26. The van der Waals surface area contributed by atoms with Crippen molar-refractivity contribution in [2.45, 2.75) is 36.0 Å². The number of likely N-dealkylation sites (tertiary alicyclic amines) is 1. The number of ether oxygens (including phenoxy) is 1. The average molecular weight is 443 g/mol. The van der Waals surface area contributed by atoms with Crippen LogP contribution >= 0.6 is 0 Å². The summed E-state index contributed by atoms with van der Waals surface area (Å²) in [6.45, 7) is 2.80. The fraction of sp³-hybridized carbons (Fsp3) is 0.435. The lowest BCUT2D eigenvalue weighted by Gasteiger charge is -2.29. The van der Waals surface area contributed by atoms with Gasteiger partial charge in [-0.2, -0.15) is 0 Å². The van der Waals surface area contributed by atoms with Gasteiger partial charge in [0.25, 0.3) is 0 Å². The highest BCUT2D eigenvalue weighted by atomic mass is 32.2. The minimum atomic E-state index is -3.54. The standard InChI is InChI=1S/C23H26N2O5S/c26-22(27)17-8-6-16(7-9-17)13-25-14-20-19(21-10-11-23(20,15-25)30-21)12-24-31(28,29)18-4-2-1-3-5-18/h1-9,19-21,24H,10-15H2,(H,26,27)/t19-,20+,21+,23+/m0/s1. The van der Waals surface area contributed by atoms with E-state index >= 15 is 0 Å². The predicted molar refractivity (Wildman–Crippen MR) is 114 cm³/mol. The summed E-state index contributed by atoms with van der Waals surface area (Å²) in [6, 6.07) is 15.4. The number of rotatable bonds is 7. The zero-order valence-electron chi connectivity index (χ0n) is 17.1. The second-order valence-corrected chi connectivity index (χ2v) is 10.6. The van der Waals surface area contributed by atoms with Gasteiger partial charge in [0.1, 0.15) is 0 Å². The number of carboxylic acid groups (broad SMARTS) is 1. The number of hydrogen-bond donors (Lipinski definition) is 2. The second-order valence-electron chi connectivity index (χ2n) is 8.87. The molecule has 0 aromatic heterocycles. The van der Waals surface area contributed by atoms with Crippen LogP contribution in [0.2, 0.25) is 0 Å². The van der Waals surface area contributed by atoms with Crippen LogP contribution in [-0.2, 0) is 21.3 Å². The van der Waals surface area contributed by atoms with Crippen molar-refractivity contribution in [3.05, 3.63) is 65.7 Å². The third-order valence-corrected chi connectivity index (χ3v) is 8.46. The van der Waals surface area contributed by atoms with Crippen molar-refractivity contribution in [2.24, 2.45) is 11.8 Å². The maximum atomic E-state index is 12.7. The largest absolute Gasteiger partial charge is 0.478 e. The summed E-state index contributed by atoms with van der Waals surface area (Å²) in [5.41, 5.74) is 1.17. The molecular weight excluding hydrogens is 416 g/mol. The van der Waals surface area contributed by atoms with Gasteiger partial charge in [0, 0.05) is 38.0 Å². The molecule has 3 aliphatic heterocycles. The number of carbonyl (C=O) groups is 1. The highest BCUT2D eigenvalue weighted by molar-refractivity contribution is 7.89. The molecule has 4 atom stereocenters. The molecule has 31 heavy (non-hydrogen) atoms. The SMILES string of the molecule is O=C(O)c1ccc(CN2C[C@@H]3[C@H](CNS(=O)(=O)c4ccccc4)[C@H]4CC[C@]3(C2)O4)cc1. The molecule has 1 spiro atoms. The van der Waals surface area contributed by atoms with E-state index in [0.717, 1.165) is 38.0 Å². The number of benzene rings is 2. The van der Waals surface area contributed by atoms with Crippen molar-refractivity contribution in [2.75, 3.05) is 19.6 Å². The van der Waals surface area contributed by atoms with Gasteiger partial charge in [0.05, 0.1) is 22.2 Å². The first-order chi connectivity index (χ1) is 14.9. The highest BCUT2D eigenvalue weighted by Gasteiger charge is 2.62. The summed E-state index contributed by atoms with van der Waals surface area (Å²) >= 11 is 0. The molecule has 2 N–H and O–H groups in total. The highest BCUT2D eigenvalue weighted by Crippen LogP contribution is 2.54. The summed E-state index contributed by atoms with van der Waals surface area (Å²) in [5.74, 6) is -0.470. The van der Waals surface area contributed by atoms with E-state index < -0.39 is 16.0 Å². The molecule has 0 aliphatic carbocycles. The Morgan fingerprint density at radius 3 is 2.61 bits per heavy atom. The zero-order chi connectivity index (χ0) is 21.6. The maximum Gasteiger partial charge on any atom is 0.335 e. The number of nitrogens with zero attached hydrogens (tertiary/aromatic N) is 1. The lowest BCUT2D eigenvalue weighted by Crippen LogP contribution is -2.41. The van der Waals surface area contributed by atoms with Crippen molar-refractivity contribution < 1.29 is 23.1 Å². The second kappa shape index (κ2) is 7.70. The van der Waals surface area contributed by atoms with Crippen LogP contribution in [0.25, 0.3) is 0 Å². The number of fused-ring (bicyclic) bond motifs is 1. The van der Waals surface area contributed by atoms with Gasteiger partial charge in [-0.1, -0.05) is 30.3 Å². The molecule has 2 bridgehead atoms. The number of aromatic carboxylic acids is 1. The van der Waals surface area contributed by atoms with Gasteiger partial charge in [-0.3, -0.25) is 4.90 Å². The monoisotopic (exact) mass is 442 g/mol.